The van der Waals surface area contributed by atoms with Crippen LogP contribution in [0.5, 0.6) is 5.75 Å². The summed E-state index contributed by atoms with van der Waals surface area (Å²) in [6.45, 7) is 10.1. The SMILES string of the molecule is Cc1c(Cl)cccc1NC(=O)[C@H](C)Oc1ccc(C(C)(C)C)cc1. The average molecular weight is 346 g/mol. The average Bonchev–Trinajstić information content (AvgIpc) is 2.51. The largest absolute Gasteiger partial charge is 0.481 e. The van der Waals surface area contributed by atoms with E-state index in [1.54, 1.807) is 13.0 Å². The molecule has 0 heterocycles. The highest BCUT2D eigenvalue weighted by Crippen LogP contribution is 2.25. The molecule has 0 bridgehead atoms. The maximum atomic E-state index is 12.3. The zero-order valence-electron chi connectivity index (χ0n) is 14.8. The first-order valence-electron chi connectivity index (χ1n) is 8.01. The third-order valence-corrected chi connectivity index (χ3v) is 4.34. The summed E-state index contributed by atoms with van der Waals surface area (Å²) in [4.78, 5) is 12.3. The Morgan fingerprint density at radius 1 is 1.12 bits per heavy atom. The summed E-state index contributed by atoms with van der Waals surface area (Å²) in [6.07, 6.45) is -0.608. The molecule has 0 aliphatic rings. The van der Waals surface area contributed by atoms with Gasteiger partial charge < -0.3 is 10.1 Å². The van der Waals surface area contributed by atoms with Gasteiger partial charge in [-0.05, 0) is 54.7 Å². The Morgan fingerprint density at radius 2 is 1.75 bits per heavy atom. The van der Waals surface area contributed by atoms with Gasteiger partial charge in [0, 0.05) is 10.7 Å². The Balaban J connectivity index is 2.02. The summed E-state index contributed by atoms with van der Waals surface area (Å²) < 4.78 is 5.74. The summed E-state index contributed by atoms with van der Waals surface area (Å²) in [5.74, 6) is 0.466. The van der Waals surface area contributed by atoms with Crippen LogP contribution in [0.15, 0.2) is 42.5 Å². The first-order valence-corrected chi connectivity index (χ1v) is 8.39. The lowest BCUT2D eigenvalue weighted by atomic mass is 9.87. The maximum Gasteiger partial charge on any atom is 0.265 e. The zero-order chi connectivity index (χ0) is 17.9. The molecule has 2 aromatic rings. The van der Waals surface area contributed by atoms with E-state index in [-0.39, 0.29) is 11.3 Å². The molecule has 1 atom stereocenters. The molecule has 0 radical (unpaired) electrons. The highest BCUT2D eigenvalue weighted by atomic mass is 35.5. The molecule has 0 aliphatic carbocycles. The van der Waals surface area contributed by atoms with Gasteiger partial charge in [-0.1, -0.05) is 50.6 Å². The van der Waals surface area contributed by atoms with Gasteiger partial charge in [-0.3, -0.25) is 4.79 Å². The third kappa shape index (κ3) is 4.51. The number of carbonyl (C=O) groups is 1. The molecule has 1 amide bonds. The van der Waals surface area contributed by atoms with E-state index in [4.69, 9.17) is 16.3 Å². The standard InChI is InChI=1S/C20H24ClNO2/c1-13-17(21)7-6-8-18(13)22-19(23)14(2)24-16-11-9-15(10-12-16)20(3,4)5/h6-12,14H,1-5H3,(H,22,23)/t14-/m0/s1. The fourth-order valence-corrected chi connectivity index (χ4v) is 2.44. The zero-order valence-corrected chi connectivity index (χ0v) is 15.6. The second kappa shape index (κ2) is 7.27. The molecule has 0 aliphatic heterocycles. The Bertz CT molecular complexity index is 717. The Labute approximate surface area is 149 Å². The molecular weight excluding hydrogens is 322 g/mol. The van der Waals surface area contributed by atoms with Crippen molar-refractivity contribution in [1.29, 1.82) is 0 Å². The normalized spacial score (nSPS) is 12.6. The molecular formula is C20H24ClNO2. The summed E-state index contributed by atoms with van der Waals surface area (Å²) in [5.41, 5.74) is 2.85. The van der Waals surface area contributed by atoms with Crippen LogP contribution in [0, 0.1) is 6.92 Å². The minimum Gasteiger partial charge on any atom is -0.481 e. The summed E-state index contributed by atoms with van der Waals surface area (Å²) >= 11 is 6.08. The number of amides is 1. The quantitative estimate of drug-likeness (QED) is 0.810. The lowest BCUT2D eigenvalue weighted by Crippen LogP contribution is -2.30. The number of nitrogens with one attached hydrogen (secondary N) is 1. The van der Waals surface area contributed by atoms with Crippen LogP contribution in [0.4, 0.5) is 5.69 Å². The highest BCUT2D eigenvalue weighted by molar-refractivity contribution is 6.31. The van der Waals surface area contributed by atoms with Crippen molar-refractivity contribution in [2.24, 2.45) is 0 Å². The maximum absolute atomic E-state index is 12.3. The van der Waals surface area contributed by atoms with Crippen molar-refractivity contribution in [3.8, 4) is 5.75 Å². The molecule has 24 heavy (non-hydrogen) atoms. The van der Waals surface area contributed by atoms with E-state index in [1.165, 1.54) is 5.56 Å². The van der Waals surface area contributed by atoms with E-state index in [2.05, 4.69) is 26.1 Å². The predicted octanol–water partition coefficient (Wildman–Crippen LogP) is 5.35. The van der Waals surface area contributed by atoms with Crippen molar-refractivity contribution in [2.45, 2.75) is 46.1 Å². The van der Waals surface area contributed by atoms with Crippen LogP contribution in [0.3, 0.4) is 0 Å². The molecule has 3 nitrogen and oxygen atoms in total. The van der Waals surface area contributed by atoms with Gasteiger partial charge in [0.2, 0.25) is 0 Å². The second-order valence-electron chi connectivity index (χ2n) is 6.94. The fraction of sp³-hybridized carbons (Fsp3) is 0.350. The van der Waals surface area contributed by atoms with E-state index in [1.807, 2.05) is 43.3 Å². The van der Waals surface area contributed by atoms with Gasteiger partial charge in [0.05, 0.1) is 0 Å². The van der Waals surface area contributed by atoms with Crippen LogP contribution < -0.4 is 10.1 Å². The first-order chi connectivity index (χ1) is 11.2. The number of hydrogen-bond donors (Lipinski definition) is 1. The molecule has 0 unspecified atom stereocenters. The summed E-state index contributed by atoms with van der Waals surface area (Å²) in [6, 6.07) is 13.3. The van der Waals surface area contributed by atoms with E-state index in [9.17, 15) is 4.79 Å². The van der Waals surface area contributed by atoms with Gasteiger partial charge in [0.15, 0.2) is 6.10 Å². The van der Waals surface area contributed by atoms with E-state index < -0.39 is 6.10 Å². The lowest BCUT2D eigenvalue weighted by Gasteiger charge is -2.20. The Kier molecular flexibility index (Phi) is 5.55. The van der Waals surface area contributed by atoms with Gasteiger partial charge in [0.1, 0.15) is 5.75 Å². The van der Waals surface area contributed by atoms with Crippen LogP contribution in [0.2, 0.25) is 5.02 Å². The molecule has 0 spiro atoms. The number of ether oxygens (including phenoxy) is 1. The molecule has 1 N–H and O–H groups in total. The number of benzene rings is 2. The predicted molar refractivity (Wildman–Crippen MR) is 100 cm³/mol. The van der Waals surface area contributed by atoms with Crippen LogP contribution >= 0.6 is 11.6 Å². The van der Waals surface area contributed by atoms with Gasteiger partial charge in [-0.2, -0.15) is 0 Å². The fourth-order valence-electron chi connectivity index (χ4n) is 2.27. The lowest BCUT2D eigenvalue weighted by molar-refractivity contribution is -0.122. The van der Waals surface area contributed by atoms with Crippen molar-refractivity contribution in [1.82, 2.24) is 0 Å². The molecule has 0 aromatic heterocycles. The summed E-state index contributed by atoms with van der Waals surface area (Å²) in [5, 5.41) is 3.48. The minimum atomic E-state index is -0.608. The van der Waals surface area contributed by atoms with Gasteiger partial charge in [-0.15, -0.1) is 0 Å². The molecule has 0 saturated heterocycles. The van der Waals surface area contributed by atoms with E-state index in [0.717, 1.165) is 5.56 Å². The highest BCUT2D eigenvalue weighted by Gasteiger charge is 2.17. The third-order valence-electron chi connectivity index (χ3n) is 3.93. The van der Waals surface area contributed by atoms with Gasteiger partial charge in [-0.25, -0.2) is 0 Å². The number of hydrogen-bond acceptors (Lipinski definition) is 2. The molecule has 128 valence electrons. The topological polar surface area (TPSA) is 38.3 Å². The van der Waals surface area contributed by atoms with E-state index >= 15 is 0 Å². The summed E-state index contributed by atoms with van der Waals surface area (Å²) in [7, 11) is 0. The van der Waals surface area contributed by atoms with Crippen LogP contribution in [-0.2, 0) is 10.2 Å². The monoisotopic (exact) mass is 345 g/mol. The van der Waals surface area contributed by atoms with Crippen molar-refractivity contribution in [2.75, 3.05) is 5.32 Å². The first kappa shape index (κ1) is 18.3. The van der Waals surface area contributed by atoms with Gasteiger partial charge >= 0.3 is 0 Å². The van der Waals surface area contributed by atoms with Crippen molar-refractivity contribution >= 4 is 23.2 Å². The van der Waals surface area contributed by atoms with Crippen LogP contribution in [0.25, 0.3) is 0 Å². The Morgan fingerprint density at radius 3 is 2.33 bits per heavy atom. The number of anilines is 1. The number of halogens is 1. The van der Waals surface area contributed by atoms with Crippen LogP contribution in [0.1, 0.15) is 38.8 Å². The Hall–Kier alpha value is -2.00. The second-order valence-corrected chi connectivity index (χ2v) is 7.34. The smallest absolute Gasteiger partial charge is 0.265 e. The van der Waals surface area contributed by atoms with Crippen molar-refractivity contribution in [3.63, 3.8) is 0 Å². The molecule has 0 saturated carbocycles. The molecule has 2 aromatic carbocycles. The minimum absolute atomic E-state index is 0.0889. The number of carbonyl (C=O) groups excluding carboxylic acids is 1. The number of rotatable bonds is 4. The molecule has 2 rings (SSSR count). The van der Waals surface area contributed by atoms with E-state index in [0.29, 0.717) is 16.5 Å². The molecule has 4 heteroatoms. The molecule has 0 fully saturated rings. The van der Waals surface area contributed by atoms with Crippen LogP contribution in [-0.4, -0.2) is 12.0 Å². The van der Waals surface area contributed by atoms with Crippen molar-refractivity contribution < 1.29 is 9.53 Å². The van der Waals surface area contributed by atoms with Crippen molar-refractivity contribution in [3.05, 3.63) is 58.6 Å². The van der Waals surface area contributed by atoms with Gasteiger partial charge in [0.25, 0.3) is 5.91 Å².